The molecule has 1 fully saturated rings. The van der Waals surface area contributed by atoms with Gasteiger partial charge in [-0.1, -0.05) is 24.3 Å². The number of thiazole rings is 2. The molecule has 0 saturated carbocycles. The van der Waals surface area contributed by atoms with Gasteiger partial charge in [0.25, 0.3) is 5.91 Å². The van der Waals surface area contributed by atoms with Crippen LogP contribution in [0.3, 0.4) is 0 Å². The van der Waals surface area contributed by atoms with E-state index < -0.39 is 0 Å². The van der Waals surface area contributed by atoms with Crippen molar-refractivity contribution in [1.82, 2.24) is 14.9 Å². The van der Waals surface area contributed by atoms with Gasteiger partial charge in [0.2, 0.25) is 0 Å². The fourth-order valence-electron chi connectivity index (χ4n) is 3.73. The first kappa shape index (κ1) is 18.8. The zero-order valence-corrected chi connectivity index (χ0v) is 17.7. The number of benzene rings is 2. The molecule has 0 aliphatic carbocycles. The van der Waals surface area contributed by atoms with Crippen LogP contribution < -0.4 is 4.90 Å². The van der Waals surface area contributed by atoms with Gasteiger partial charge in [-0.25, -0.2) is 9.97 Å². The van der Waals surface area contributed by atoms with Crippen molar-refractivity contribution in [3.8, 4) is 23.5 Å². The fraction of sp³-hybridized carbons (Fsp3) is 0.174. The van der Waals surface area contributed by atoms with Crippen LogP contribution in [0.1, 0.15) is 14.7 Å². The summed E-state index contributed by atoms with van der Waals surface area (Å²) in [6.07, 6.45) is 6.94. The fourth-order valence-corrected chi connectivity index (χ4v) is 5.25. The molecule has 7 heteroatoms. The van der Waals surface area contributed by atoms with Crippen LogP contribution in [-0.4, -0.2) is 47.0 Å². The van der Waals surface area contributed by atoms with E-state index in [0.29, 0.717) is 23.0 Å². The van der Waals surface area contributed by atoms with E-state index >= 15 is 0 Å². The van der Waals surface area contributed by atoms with Crippen molar-refractivity contribution in [3.63, 3.8) is 0 Å². The lowest BCUT2D eigenvalue weighted by Crippen LogP contribution is -2.48. The quantitative estimate of drug-likeness (QED) is 0.453. The van der Waals surface area contributed by atoms with E-state index in [9.17, 15) is 4.79 Å². The number of terminal acetylenes is 1. The number of anilines is 1. The van der Waals surface area contributed by atoms with Gasteiger partial charge in [0.05, 0.1) is 21.9 Å². The first-order valence-corrected chi connectivity index (χ1v) is 11.3. The monoisotopic (exact) mass is 430 g/mol. The second kappa shape index (κ2) is 7.90. The predicted molar refractivity (Wildman–Crippen MR) is 123 cm³/mol. The lowest BCUT2D eigenvalue weighted by atomic mass is 10.0. The molecule has 0 unspecified atom stereocenters. The smallest absolute Gasteiger partial charge is 0.265 e. The Labute approximate surface area is 182 Å². The highest BCUT2D eigenvalue weighted by Gasteiger charge is 2.23. The molecule has 30 heavy (non-hydrogen) atoms. The van der Waals surface area contributed by atoms with Gasteiger partial charge >= 0.3 is 0 Å². The summed E-state index contributed by atoms with van der Waals surface area (Å²) in [6.45, 7) is 2.97. The largest absolute Gasteiger partial charge is 0.368 e. The highest BCUT2D eigenvalue weighted by Crippen LogP contribution is 2.32. The third-order valence-electron chi connectivity index (χ3n) is 5.31. The van der Waals surface area contributed by atoms with Crippen LogP contribution >= 0.6 is 22.7 Å². The highest BCUT2D eigenvalue weighted by atomic mass is 32.1. The number of hydrogen-bond acceptors (Lipinski definition) is 6. The van der Waals surface area contributed by atoms with E-state index in [1.807, 2.05) is 16.5 Å². The summed E-state index contributed by atoms with van der Waals surface area (Å²) < 4.78 is 1.22. The van der Waals surface area contributed by atoms with Crippen molar-refractivity contribution in [2.24, 2.45) is 0 Å². The first-order valence-electron chi connectivity index (χ1n) is 9.62. The number of fused-ring (bicyclic) bond motifs is 1. The van der Waals surface area contributed by atoms with E-state index in [-0.39, 0.29) is 5.91 Å². The zero-order chi connectivity index (χ0) is 20.5. The Hall–Kier alpha value is -3.21. The van der Waals surface area contributed by atoms with Crippen molar-refractivity contribution in [2.75, 3.05) is 31.1 Å². The van der Waals surface area contributed by atoms with Crippen LogP contribution in [0, 0.1) is 12.3 Å². The number of nitrogens with zero attached hydrogens (tertiary/aromatic N) is 4. The molecule has 5 rings (SSSR count). The highest BCUT2D eigenvalue weighted by molar-refractivity contribution is 7.17. The standard InChI is InChI=1S/C23H18N4OS2/c1-2-21-24-14-20(30-21)23(28)27-12-10-26(11-13-27)17-8-6-16(7-9-17)18-4-3-5-19-22(18)29-15-25-19/h1,3-9,14-15H,10-13H2. The number of piperazine rings is 1. The molecule has 0 atom stereocenters. The molecule has 0 radical (unpaired) electrons. The summed E-state index contributed by atoms with van der Waals surface area (Å²) in [7, 11) is 0. The number of aromatic nitrogens is 2. The van der Waals surface area contributed by atoms with Crippen molar-refractivity contribution in [2.45, 2.75) is 0 Å². The lowest BCUT2D eigenvalue weighted by molar-refractivity contribution is 0.0751. The molecule has 0 spiro atoms. The third kappa shape index (κ3) is 3.45. The maximum Gasteiger partial charge on any atom is 0.265 e. The van der Waals surface area contributed by atoms with Crippen LogP contribution in [0.4, 0.5) is 5.69 Å². The summed E-state index contributed by atoms with van der Waals surface area (Å²) >= 11 is 2.95. The van der Waals surface area contributed by atoms with Gasteiger partial charge in [-0.3, -0.25) is 4.79 Å². The minimum absolute atomic E-state index is 0.0154. The molecule has 0 bridgehead atoms. The Morgan fingerprint density at radius 2 is 1.83 bits per heavy atom. The molecule has 0 N–H and O–H groups in total. The Kier molecular flexibility index (Phi) is 4.95. The van der Waals surface area contributed by atoms with Gasteiger partial charge in [-0.15, -0.1) is 29.1 Å². The van der Waals surface area contributed by atoms with E-state index in [1.54, 1.807) is 17.5 Å². The molecule has 4 aromatic rings. The summed E-state index contributed by atoms with van der Waals surface area (Å²) in [5.74, 6) is 2.50. The maximum atomic E-state index is 12.7. The zero-order valence-electron chi connectivity index (χ0n) is 16.1. The molecule has 2 aromatic heterocycles. The van der Waals surface area contributed by atoms with Crippen LogP contribution in [0.5, 0.6) is 0 Å². The predicted octanol–water partition coefficient (Wildman–Crippen LogP) is 4.36. The molecule has 3 heterocycles. The van der Waals surface area contributed by atoms with Crippen molar-refractivity contribution in [1.29, 1.82) is 0 Å². The summed E-state index contributed by atoms with van der Waals surface area (Å²) in [5, 5.41) is 0.547. The SMILES string of the molecule is C#Cc1ncc(C(=O)N2CCN(c3ccc(-c4cccc5ncsc45)cc3)CC2)s1. The molecular formula is C23H18N4OS2. The number of rotatable bonds is 3. The summed E-state index contributed by atoms with van der Waals surface area (Å²) in [4.78, 5) is 26.0. The third-order valence-corrected chi connectivity index (χ3v) is 7.10. The summed E-state index contributed by atoms with van der Waals surface area (Å²) in [5.41, 5.74) is 6.51. The van der Waals surface area contributed by atoms with Gasteiger partial charge < -0.3 is 9.80 Å². The van der Waals surface area contributed by atoms with Crippen LogP contribution in [0.2, 0.25) is 0 Å². The first-order chi connectivity index (χ1) is 14.7. The average molecular weight is 431 g/mol. The minimum Gasteiger partial charge on any atom is -0.368 e. The van der Waals surface area contributed by atoms with Crippen LogP contribution in [0.25, 0.3) is 21.3 Å². The van der Waals surface area contributed by atoms with E-state index in [2.05, 4.69) is 57.2 Å². The number of amides is 1. The normalized spacial score (nSPS) is 14.1. The summed E-state index contributed by atoms with van der Waals surface area (Å²) in [6, 6.07) is 14.9. The van der Waals surface area contributed by atoms with Crippen molar-refractivity contribution < 1.29 is 4.79 Å². The average Bonchev–Trinajstić information content (AvgIpc) is 3.48. The number of hydrogen-bond donors (Lipinski definition) is 0. The van der Waals surface area contributed by atoms with Crippen molar-refractivity contribution >= 4 is 44.5 Å². The van der Waals surface area contributed by atoms with Crippen molar-refractivity contribution in [3.05, 3.63) is 64.1 Å². The Morgan fingerprint density at radius 1 is 1.03 bits per heavy atom. The van der Waals surface area contributed by atoms with Gasteiger partial charge in [0, 0.05) is 37.4 Å². The second-order valence-electron chi connectivity index (χ2n) is 7.01. The van der Waals surface area contributed by atoms with Crippen LogP contribution in [0.15, 0.2) is 54.2 Å². The molecule has 1 aliphatic rings. The molecule has 1 amide bonds. The topological polar surface area (TPSA) is 49.3 Å². The van der Waals surface area contributed by atoms with Gasteiger partial charge in [0.1, 0.15) is 4.88 Å². The van der Waals surface area contributed by atoms with E-state index in [1.165, 1.54) is 32.9 Å². The Balaban J connectivity index is 1.27. The molecule has 1 saturated heterocycles. The van der Waals surface area contributed by atoms with Gasteiger partial charge in [-0.2, -0.15) is 0 Å². The van der Waals surface area contributed by atoms with E-state index in [4.69, 9.17) is 6.42 Å². The van der Waals surface area contributed by atoms with E-state index in [0.717, 1.165) is 18.6 Å². The number of carbonyl (C=O) groups excluding carboxylic acids is 1. The number of carbonyl (C=O) groups is 1. The Morgan fingerprint density at radius 3 is 2.57 bits per heavy atom. The second-order valence-corrected chi connectivity index (χ2v) is 8.89. The van der Waals surface area contributed by atoms with Gasteiger partial charge in [0.15, 0.2) is 5.01 Å². The lowest BCUT2D eigenvalue weighted by Gasteiger charge is -2.36. The van der Waals surface area contributed by atoms with Crippen LogP contribution in [-0.2, 0) is 0 Å². The minimum atomic E-state index is 0.0154. The Bertz CT molecular complexity index is 1240. The molecule has 1 aliphatic heterocycles. The maximum absolute atomic E-state index is 12.7. The molecular weight excluding hydrogens is 412 g/mol. The van der Waals surface area contributed by atoms with Gasteiger partial charge in [-0.05, 0) is 29.7 Å². The molecule has 5 nitrogen and oxygen atoms in total. The molecule has 148 valence electrons. The molecule has 2 aromatic carbocycles.